The first-order valence-corrected chi connectivity index (χ1v) is 12.6. The first kappa shape index (κ1) is 20.9. The predicted molar refractivity (Wildman–Crippen MR) is 133 cm³/mol. The number of fused-ring (bicyclic) bond motifs is 1. The number of nitrogens with zero attached hydrogens (tertiary/aromatic N) is 1. The van der Waals surface area contributed by atoms with E-state index < -0.39 is 0 Å². The minimum Gasteiger partial charge on any atom is -0.387 e. The lowest BCUT2D eigenvalue weighted by Crippen LogP contribution is -2.44. The number of aromatic amines is 1. The summed E-state index contributed by atoms with van der Waals surface area (Å²) >= 11 is 0. The molecule has 3 nitrogen and oxygen atoms in total. The van der Waals surface area contributed by atoms with Gasteiger partial charge in [0.2, 0.25) is 0 Å². The molecule has 1 aromatic heterocycles. The van der Waals surface area contributed by atoms with Crippen molar-refractivity contribution in [3.05, 3.63) is 52.4 Å². The second-order valence-electron chi connectivity index (χ2n) is 10.3. The van der Waals surface area contributed by atoms with Crippen LogP contribution in [0.4, 0.5) is 0 Å². The number of nitrogens with one attached hydrogen (secondary N) is 2. The molecule has 0 spiro atoms. The maximum atomic E-state index is 3.81. The van der Waals surface area contributed by atoms with Crippen LogP contribution < -0.4 is 5.32 Å². The van der Waals surface area contributed by atoms with Gasteiger partial charge in [0, 0.05) is 35.3 Å². The Balaban J connectivity index is 1.47. The molecule has 2 aromatic rings. The van der Waals surface area contributed by atoms with Gasteiger partial charge in [0.05, 0.1) is 5.69 Å². The van der Waals surface area contributed by atoms with E-state index in [2.05, 4.69) is 67.3 Å². The summed E-state index contributed by atoms with van der Waals surface area (Å²) in [7, 11) is 0. The smallest absolute Gasteiger partial charge is 0.0517 e. The Morgan fingerprint density at radius 2 is 1.87 bits per heavy atom. The molecule has 31 heavy (non-hydrogen) atoms. The highest BCUT2D eigenvalue weighted by atomic mass is 15.2. The van der Waals surface area contributed by atoms with Gasteiger partial charge < -0.3 is 15.2 Å². The summed E-state index contributed by atoms with van der Waals surface area (Å²) in [6.07, 6.45) is 10.3. The van der Waals surface area contributed by atoms with Crippen molar-refractivity contribution in [2.75, 3.05) is 19.6 Å². The molecule has 1 saturated heterocycles. The number of dihydropyridines is 1. The van der Waals surface area contributed by atoms with Crippen molar-refractivity contribution in [1.82, 2.24) is 15.2 Å². The second-order valence-corrected chi connectivity index (χ2v) is 10.3. The molecule has 1 aromatic carbocycles. The van der Waals surface area contributed by atoms with Crippen molar-refractivity contribution in [3.63, 3.8) is 0 Å². The van der Waals surface area contributed by atoms with E-state index in [0.717, 1.165) is 19.0 Å². The van der Waals surface area contributed by atoms with Crippen LogP contribution in [0.25, 0.3) is 16.5 Å². The number of allylic oxidation sites excluding steroid dienone is 2. The Kier molecular flexibility index (Phi) is 5.73. The van der Waals surface area contributed by atoms with Gasteiger partial charge in [-0.3, -0.25) is 0 Å². The molecule has 3 heteroatoms. The molecule has 3 aliphatic rings. The maximum Gasteiger partial charge on any atom is 0.0517 e. The first-order chi connectivity index (χ1) is 15.1. The van der Waals surface area contributed by atoms with Gasteiger partial charge in [0.25, 0.3) is 0 Å². The topological polar surface area (TPSA) is 31.1 Å². The zero-order chi connectivity index (χ0) is 21.5. The van der Waals surface area contributed by atoms with Crippen LogP contribution in [0.5, 0.6) is 0 Å². The van der Waals surface area contributed by atoms with Gasteiger partial charge >= 0.3 is 0 Å². The number of rotatable bonds is 5. The molecular formula is C28H39N3. The van der Waals surface area contributed by atoms with Crippen LogP contribution in [0, 0.1) is 0 Å². The van der Waals surface area contributed by atoms with E-state index in [0.29, 0.717) is 11.8 Å². The number of piperidine rings is 1. The molecule has 0 radical (unpaired) electrons. The fourth-order valence-electron chi connectivity index (χ4n) is 6.00. The highest BCUT2D eigenvalue weighted by molar-refractivity contribution is 5.93. The van der Waals surface area contributed by atoms with E-state index in [-0.39, 0.29) is 0 Å². The van der Waals surface area contributed by atoms with Crippen LogP contribution in [0.2, 0.25) is 0 Å². The third kappa shape index (κ3) is 3.75. The molecule has 166 valence electrons. The van der Waals surface area contributed by atoms with E-state index in [1.165, 1.54) is 84.1 Å². The van der Waals surface area contributed by atoms with Crippen LogP contribution in [-0.4, -0.2) is 35.6 Å². The van der Waals surface area contributed by atoms with Gasteiger partial charge in [0.15, 0.2) is 0 Å². The van der Waals surface area contributed by atoms with Crippen LogP contribution in [0.15, 0.2) is 35.5 Å². The molecule has 2 N–H and O–H groups in total. The highest BCUT2D eigenvalue weighted by Crippen LogP contribution is 2.40. The van der Waals surface area contributed by atoms with E-state index in [1.807, 2.05) is 0 Å². The third-order valence-corrected chi connectivity index (χ3v) is 8.22. The summed E-state index contributed by atoms with van der Waals surface area (Å²) in [5, 5.41) is 4.95. The lowest BCUT2D eigenvalue weighted by molar-refractivity contribution is 0.0976. The summed E-state index contributed by atoms with van der Waals surface area (Å²) in [5.41, 5.74) is 9.93. The van der Waals surface area contributed by atoms with Crippen molar-refractivity contribution < 1.29 is 0 Å². The second kappa shape index (κ2) is 8.50. The molecule has 0 bridgehead atoms. The Bertz CT molecular complexity index is 1010. The molecule has 1 aliphatic carbocycles. The Labute approximate surface area is 188 Å². The zero-order valence-electron chi connectivity index (χ0n) is 19.9. The average molecular weight is 418 g/mol. The first-order valence-electron chi connectivity index (χ1n) is 12.6. The summed E-state index contributed by atoms with van der Waals surface area (Å²) in [6.45, 7) is 12.8. The van der Waals surface area contributed by atoms with Gasteiger partial charge in [-0.25, -0.2) is 0 Å². The Morgan fingerprint density at radius 1 is 1.10 bits per heavy atom. The normalized spacial score (nSPS) is 21.5. The molecule has 2 aliphatic heterocycles. The summed E-state index contributed by atoms with van der Waals surface area (Å²) in [5.74, 6) is 1.20. The molecule has 2 fully saturated rings. The number of hydrogen-bond acceptors (Lipinski definition) is 2. The number of H-pyrrole nitrogens is 1. The summed E-state index contributed by atoms with van der Waals surface area (Å²) in [4.78, 5) is 6.57. The van der Waals surface area contributed by atoms with E-state index in [4.69, 9.17) is 0 Å². The molecule has 0 unspecified atom stereocenters. The molecular weight excluding hydrogens is 378 g/mol. The van der Waals surface area contributed by atoms with Gasteiger partial charge in [-0.1, -0.05) is 33.3 Å². The van der Waals surface area contributed by atoms with Crippen molar-refractivity contribution >= 4 is 16.5 Å². The number of aromatic nitrogens is 1. The monoisotopic (exact) mass is 417 g/mol. The zero-order valence-corrected chi connectivity index (χ0v) is 19.9. The fourth-order valence-corrected chi connectivity index (χ4v) is 6.00. The number of benzene rings is 1. The van der Waals surface area contributed by atoms with Gasteiger partial charge in [-0.2, -0.15) is 0 Å². The molecule has 5 rings (SSSR count). The quantitative estimate of drug-likeness (QED) is 0.567. The SMILES string of the molecule is CCC1=C(C)C(c2[nH]c3ccc(C4CCN(C5CCC5)CC4)cc3c2C(C)C)=CNC1. The van der Waals surface area contributed by atoms with Crippen molar-refractivity contribution in [3.8, 4) is 0 Å². The lowest BCUT2D eigenvalue weighted by Gasteiger charge is -2.42. The summed E-state index contributed by atoms with van der Waals surface area (Å²) < 4.78 is 0. The number of likely N-dealkylation sites (tertiary alicyclic amines) is 1. The van der Waals surface area contributed by atoms with Crippen LogP contribution in [0.3, 0.4) is 0 Å². The number of hydrogen-bond donors (Lipinski definition) is 2. The summed E-state index contributed by atoms with van der Waals surface area (Å²) in [6, 6.07) is 8.15. The van der Waals surface area contributed by atoms with E-state index in [1.54, 1.807) is 5.56 Å². The molecule has 0 amide bonds. The maximum absolute atomic E-state index is 3.81. The molecule has 1 saturated carbocycles. The lowest BCUT2D eigenvalue weighted by atomic mass is 9.84. The van der Waals surface area contributed by atoms with Gasteiger partial charge in [-0.05, 0) is 98.4 Å². The molecule has 0 atom stereocenters. The minimum atomic E-state index is 0.486. The highest BCUT2D eigenvalue weighted by Gasteiger charge is 2.29. The molecule has 3 heterocycles. The standard InChI is InChI=1S/C28H39N3/c1-5-20-16-29-17-25(19(20)4)28-27(18(2)3)24-15-22(9-10-26(24)30-28)21-11-13-31(14-12-21)23-7-6-8-23/h9-10,15,17-18,21,23,29-30H,5-8,11-14,16H2,1-4H3. The average Bonchev–Trinajstić information content (AvgIpc) is 3.12. The van der Waals surface area contributed by atoms with Crippen LogP contribution in [-0.2, 0) is 0 Å². The fraction of sp³-hybridized carbons (Fsp3) is 0.571. The minimum absolute atomic E-state index is 0.486. The third-order valence-electron chi connectivity index (χ3n) is 8.22. The van der Waals surface area contributed by atoms with Crippen LogP contribution in [0.1, 0.15) is 94.9 Å². The predicted octanol–water partition coefficient (Wildman–Crippen LogP) is 6.69. The van der Waals surface area contributed by atoms with Crippen molar-refractivity contribution in [1.29, 1.82) is 0 Å². The van der Waals surface area contributed by atoms with Gasteiger partial charge in [-0.15, -0.1) is 0 Å². The van der Waals surface area contributed by atoms with E-state index >= 15 is 0 Å². The van der Waals surface area contributed by atoms with Crippen molar-refractivity contribution in [2.24, 2.45) is 0 Å². The largest absolute Gasteiger partial charge is 0.387 e. The Hall–Kier alpha value is -2.00. The van der Waals surface area contributed by atoms with Crippen molar-refractivity contribution in [2.45, 2.75) is 84.1 Å². The Morgan fingerprint density at radius 3 is 2.52 bits per heavy atom. The van der Waals surface area contributed by atoms with Crippen LogP contribution >= 0.6 is 0 Å². The van der Waals surface area contributed by atoms with Gasteiger partial charge in [0.1, 0.15) is 0 Å². The van der Waals surface area contributed by atoms with E-state index in [9.17, 15) is 0 Å².